The number of hydrogen-bond acceptors (Lipinski definition) is 4. The maximum atomic E-state index is 12.6. The van der Waals surface area contributed by atoms with Crippen LogP contribution in [-0.2, 0) is 11.3 Å². The first kappa shape index (κ1) is 19.6. The molecular formula is C19H21ClN6O2. The number of nitrogens with zero attached hydrogens (tertiary/aromatic N) is 4. The van der Waals surface area contributed by atoms with E-state index in [1.807, 2.05) is 6.92 Å². The lowest BCUT2D eigenvalue weighted by molar-refractivity contribution is -0.119. The third-order valence-corrected chi connectivity index (χ3v) is 4.74. The SMILES string of the molecule is CCn1nccc1C(=O)Nc1cccc(NC(=O)C(C)n2ncc(Cl)c2C)c1. The van der Waals surface area contributed by atoms with Crippen molar-refractivity contribution in [1.82, 2.24) is 19.6 Å². The molecule has 0 saturated carbocycles. The van der Waals surface area contributed by atoms with E-state index in [-0.39, 0.29) is 11.8 Å². The van der Waals surface area contributed by atoms with E-state index < -0.39 is 6.04 Å². The van der Waals surface area contributed by atoms with Crippen LogP contribution in [0.3, 0.4) is 0 Å². The Balaban J connectivity index is 1.70. The Morgan fingerprint density at radius 2 is 1.89 bits per heavy atom. The van der Waals surface area contributed by atoms with Gasteiger partial charge in [0.1, 0.15) is 11.7 Å². The summed E-state index contributed by atoms with van der Waals surface area (Å²) in [4.78, 5) is 25.0. The lowest BCUT2D eigenvalue weighted by atomic mass is 10.2. The van der Waals surface area contributed by atoms with Gasteiger partial charge in [-0.15, -0.1) is 0 Å². The van der Waals surface area contributed by atoms with Crippen LogP contribution in [0.4, 0.5) is 11.4 Å². The van der Waals surface area contributed by atoms with Crippen LogP contribution in [0.15, 0.2) is 42.7 Å². The minimum atomic E-state index is -0.537. The highest BCUT2D eigenvalue weighted by Crippen LogP contribution is 2.21. The molecule has 2 heterocycles. The summed E-state index contributed by atoms with van der Waals surface area (Å²) >= 11 is 6.01. The quantitative estimate of drug-likeness (QED) is 0.662. The van der Waals surface area contributed by atoms with Gasteiger partial charge in [0, 0.05) is 24.1 Å². The van der Waals surface area contributed by atoms with Crippen molar-refractivity contribution in [3.8, 4) is 0 Å². The first-order chi connectivity index (χ1) is 13.4. The van der Waals surface area contributed by atoms with Gasteiger partial charge in [-0.3, -0.25) is 19.0 Å². The third kappa shape index (κ3) is 4.07. The van der Waals surface area contributed by atoms with Gasteiger partial charge in [-0.05, 0) is 45.0 Å². The molecule has 0 fully saturated rings. The number of hydrogen-bond donors (Lipinski definition) is 2. The Morgan fingerprint density at radius 1 is 1.18 bits per heavy atom. The molecule has 146 valence electrons. The van der Waals surface area contributed by atoms with Gasteiger partial charge >= 0.3 is 0 Å². The first-order valence-electron chi connectivity index (χ1n) is 8.84. The summed E-state index contributed by atoms with van der Waals surface area (Å²) in [5, 5.41) is 14.4. The molecule has 1 aromatic carbocycles. The summed E-state index contributed by atoms with van der Waals surface area (Å²) in [6, 6.07) is 8.07. The molecule has 9 heteroatoms. The highest BCUT2D eigenvalue weighted by molar-refractivity contribution is 6.31. The number of halogens is 1. The van der Waals surface area contributed by atoms with Gasteiger partial charge in [-0.2, -0.15) is 10.2 Å². The van der Waals surface area contributed by atoms with Crippen LogP contribution >= 0.6 is 11.6 Å². The summed E-state index contributed by atoms with van der Waals surface area (Å²) in [5.41, 5.74) is 2.32. The minimum Gasteiger partial charge on any atom is -0.324 e. The van der Waals surface area contributed by atoms with Crippen molar-refractivity contribution in [2.75, 3.05) is 10.6 Å². The van der Waals surface area contributed by atoms with E-state index in [2.05, 4.69) is 20.8 Å². The molecule has 0 aliphatic rings. The predicted molar refractivity (Wildman–Crippen MR) is 108 cm³/mol. The predicted octanol–water partition coefficient (Wildman–Crippen LogP) is 3.51. The lowest BCUT2D eigenvalue weighted by Gasteiger charge is -2.15. The number of anilines is 2. The number of carbonyl (C=O) groups is 2. The van der Waals surface area contributed by atoms with Crippen molar-refractivity contribution in [2.45, 2.75) is 33.4 Å². The number of nitrogens with one attached hydrogen (secondary N) is 2. The van der Waals surface area contributed by atoms with Gasteiger partial charge in [-0.1, -0.05) is 17.7 Å². The van der Waals surface area contributed by atoms with Crippen LogP contribution in [0.2, 0.25) is 5.02 Å². The summed E-state index contributed by atoms with van der Waals surface area (Å²) in [7, 11) is 0. The van der Waals surface area contributed by atoms with E-state index in [0.717, 1.165) is 5.69 Å². The van der Waals surface area contributed by atoms with Gasteiger partial charge in [-0.25, -0.2) is 0 Å². The summed E-state index contributed by atoms with van der Waals surface area (Å²) in [6.07, 6.45) is 3.10. The van der Waals surface area contributed by atoms with Gasteiger partial charge in [0.15, 0.2) is 0 Å². The van der Waals surface area contributed by atoms with Crippen LogP contribution < -0.4 is 10.6 Å². The smallest absolute Gasteiger partial charge is 0.273 e. The van der Waals surface area contributed by atoms with Crippen LogP contribution in [0.1, 0.15) is 36.1 Å². The monoisotopic (exact) mass is 400 g/mol. The third-order valence-electron chi connectivity index (χ3n) is 4.37. The van der Waals surface area contributed by atoms with Crippen molar-refractivity contribution < 1.29 is 9.59 Å². The van der Waals surface area contributed by atoms with Crippen molar-refractivity contribution in [3.05, 3.63) is 59.1 Å². The maximum absolute atomic E-state index is 12.6. The number of rotatable bonds is 6. The second-order valence-corrected chi connectivity index (χ2v) is 6.66. The van der Waals surface area contributed by atoms with Crippen molar-refractivity contribution in [3.63, 3.8) is 0 Å². The Bertz CT molecular complexity index is 1010. The Labute approximate surface area is 167 Å². The molecule has 28 heavy (non-hydrogen) atoms. The van der Waals surface area contributed by atoms with Crippen molar-refractivity contribution >= 4 is 34.8 Å². The molecule has 3 rings (SSSR count). The average molecular weight is 401 g/mol. The van der Waals surface area contributed by atoms with Gasteiger partial charge in [0.05, 0.1) is 16.9 Å². The highest BCUT2D eigenvalue weighted by Gasteiger charge is 2.19. The number of benzene rings is 1. The summed E-state index contributed by atoms with van der Waals surface area (Å²) in [6.45, 7) is 6.05. The van der Waals surface area contributed by atoms with Crippen LogP contribution in [0.25, 0.3) is 0 Å². The molecule has 0 saturated heterocycles. The van der Waals surface area contributed by atoms with Crippen molar-refractivity contribution in [2.24, 2.45) is 0 Å². The zero-order chi connectivity index (χ0) is 20.3. The second kappa shape index (κ2) is 8.26. The normalized spacial score (nSPS) is 11.9. The molecule has 2 amide bonds. The van der Waals surface area contributed by atoms with E-state index in [0.29, 0.717) is 28.6 Å². The Hall–Kier alpha value is -3.13. The fraction of sp³-hybridized carbons (Fsp3) is 0.263. The highest BCUT2D eigenvalue weighted by atomic mass is 35.5. The molecule has 2 aromatic heterocycles. The van der Waals surface area contributed by atoms with Gasteiger partial charge in [0.2, 0.25) is 5.91 Å². The summed E-state index contributed by atoms with van der Waals surface area (Å²) in [5.74, 6) is -0.506. The standard InChI is InChI=1S/C19H21ClN6O2/c1-4-25-17(8-9-21-25)19(28)24-15-7-5-6-14(10-15)23-18(27)13(3)26-12(2)16(20)11-22-26/h5-11,13H,4H2,1-3H3,(H,23,27)(H,24,28). The Kier molecular flexibility index (Phi) is 5.79. The van der Waals surface area contributed by atoms with E-state index in [4.69, 9.17) is 11.6 Å². The molecule has 3 aromatic rings. The average Bonchev–Trinajstić information content (AvgIpc) is 3.28. The Morgan fingerprint density at radius 3 is 2.54 bits per heavy atom. The molecule has 1 atom stereocenters. The number of aryl methyl sites for hydroxylation is 1. The zero-order valence-electron chi connectivity index (χ0n) is 15.8. The van der Waals surface area contributed by atoms with Gasteiger partial charge < -0.3 is 10.6 Å². The number of carbonyl (C=O) groups excluding carboxylic acids is 2. The zero-order valence-corrected chi connectivity index (χ0v) is 16.6. The number of aromatic nitrogens is 4. The van der Waals surface area contributed by atoms with Gasteiger partial charge in [0.25, 0.3) is 5.91 Å². The minimum absolute atomic E-state index is 0.240. The molecule has 2 N–H and O–H groups in total. The van der Waals surface area contributed by atoms with Crippen LogP contribution in [-0.4, -0.2) is 31.4 Å². The fourth-order valence-electron chi connectivity index (χ4n) is 2.80. The second-order valence-electron chi connectivity index (χ2n) is 6.25. The molecule has 8 nitrogen and oxygen atoms in total. The van der Waals surface area contributed by atoms with E-state index >= 15 is 0 Å². The first-order valence-corrected chi connectivity index (χ1v) is 9.22. The molecule has 0 radical (unpaired) electrons. The molecule has 1 unspecified atom stereocenters. The van der Waals surface area contributed by atoms with E-state index in [1.54, 1.807) is 59.7 Å². The molecule has 0 aliphatic carbocycles. The van der Waals surface area contributed by atoms with Crippen molar-refractivity contribution in [1.29, 1.82) is 0 Å². The number of amides is 2. The largest absolute Gasteiger partial charge is 0.324 e. The maximum Gasteiger partial charge on any atom is 0.273 e. The van der Waals surface area contributed by atoms with Crippen LogP contribution in [0, 0.1) is 6.92 Å². The topological polar surface area (TPSA) is 93.8 Å². The summed E-state index contributed by atoms with van der Waals surface area (Å²) < 4.78 is 3.18. The molecule has 0 spiro atoms. The molecular weight excluding hydrogens is 380 g/mol. The fourth-order valence-corrected chi connectivity index (χ4v) is 2.93. The molecule has 0 bridgehead atoms. The molecule has 0 aliphatic heterocycles. The van der Waals surface area contributed by atoms with E-state index in [1.165, 1.54) is 6.20 Å². The van der Waals surface area contributed by atoms with Crippen LogP contribution in [0.5, 0.6) is 0 Å². The lowest BCUT2D eigenvalue weighted by Crippen LogP contribution is -2.25. The van der Waals surface area contributed by atoms with E-state index in [9.17, 15) is 9.59 Å².